The van der Waals surface area contributed by atoms with Gasteiger partial charge in [-0.05, 0) is 32.1 Å². The van der Waals surface area contributed by atoms with Crippen LogP contribution in [0.2, 0.25) is 0 Å². The van der Waals surface area contributed by atoms with Gasteiger partial charge in [-0.1, -0.05) is 25.7 Å². The van der Waals surface area contributed by atoms with Gasteiger partial charge in [0.15, 0.2) is 0 Å². The van der Waals surface area contributed by atoms with Gasteiger partial charge in [0.2, 0.25) is 17.8 Å². The molecule has 1 saturated carbocycles. The van der Waals surface area contributed by atoms with Crippen molar-refractivity contribution in [1.82, 2.24) is 15.0 Å². The lowest BCUT2D eigenvalue weighted by atomic mass is 10.1. The minimum Gasteiger partial charge on any atom is -0.368 e. The van der Waals surface area contributed by atoms with E-state index in [0.717, 1.165) is 19.0 Å². The van der Waals surface area contributed by atoms with Crippen LogP contribution in [0.5, 0.6) is 0 Å². The Labute approximate surface area is 126 Å². The van der Waals surface area contributed by atoms with E-state index in [1.807, 2.05) is 0 Å². The predicted octanol–water partition coefficient (Wildman–Crippen LogP) is 2.58. The highest BCUT2D eigenvalue weighted by Gasteiger charge is 2.17. The van der Waals surface area contributed by atoms with Gasteiger partial charge in [-0.15, -0.1) is 0 Å². The number of nitrogens with two attached hydrogens (primary N) is 1. The first-order chi connectivity index (χ1) is 10.3. The number of nitrogens with zero attached hydrogens (tertiary/aromatic N) is 4. The molecular formula is C15H26N6. The molecule has 0 atom stereocenters. The average molecular weight is 290 g/mol. The first-order valence-corrected chi connectivity index (χ1v) is 8.34. The van der Waals surface area contributed by atoms with Crippen molar-refractivity contribution >= 4 is 17.8 Å². The van der Waals surface area contributed by atoms with E-state index in [0.29, 0.717) is 17.9 Å². The first-order valence-electron chi connectivity index (χ1n) is 8.34. The molecule has 3 N–H and O–H groups in total. The Morgan fingerprint density at radius 3 is 2.24 bits per heavy atom. The van der Waals surface area contributed by atoms with Crippen LogP contribution in [-0.4, -0.2) is 34.1 Å². The van der Waals surface area contributed by atoms with Gasteiger partial charge in [-0.3, -0.25) is 0 Å². The number of piperidine rings is 1. The zero-order chi connectivity index (χ0) is 14.5. The maximum atomic E-state index is 5.87. The highest BCUT2D eigenvalue weighted by Crippen LogP contribution is 2.22. The molecule has 21 heavy (non-hydrogen) atoms. The van der Waals surface area contributed by atoms with Crippen molar-refractivity contribution in [2.75, 3.05) is 29.0 Å². The van der Waals surface area contributed by atoms with Crippen molar-refractivity contribution in [3.8, 4) is 0 Å². The summed E-state index contributed by atoms with van der Waals surface area (Å²) < 4.78 is 0. The Kier molecular flexibility index (Phi) is 4.72. The van der Waals surface area contributed by atoms with Gasteiger partial charge >= 0.3 is 0 Å². The Morgan fingerprint density at radius 2 is 1.52 bits per heavy atom. The quantitative estimate of drug-likeness (QED) is 0.833. The lowest BCUT2D eigenvalue weighted by Gasteiger charge is -2.27. The molecule has 0 radical (unpaired) electrons. The smallest absolute Gasteiger partial charge is 0.231 e. The molecule has 0 spiro atoms. The molecular weight excluding hydrogens is 264 g/mol. The number of hydrogen-bond acceptors (Lipinski definition) is 6. The van der Waals surface area contributed by atoms with Crippen molar-refractivity contribution in [1.29, 1.82) is 0 Å². The van der Waals surface area contributed by atoms with Crippen LogP contribution in [0.4, 0.5) is 17.8 Å². The molecule has 0 unspecified atom stereocenters. The molecule has 2 heterocycles. The summed E-state index contributed by atoms with van der Waals surface area (Å²) in [5, 5.41) is 3.47. The monoisotopic (exact) mass is 290 g/mol. The standard InChI is InChI=1S/C15H26N6/c16-13-18-14(17-12-8-4-1-2-5-9-12)20-15(19-13)21-10-6-3-7-11-21/h12H,1-11H2,(H3,16,17,18,19,20). The lowest BCUT2D eigenvalue weighted by molar-refractivity contribution is 0.566. The van der Waals surface area contributed by atoms with E-state index in [2.05, 4.69) is 25.2 Å². The third kappa shape index (κ3) is 3.95. The molecule has 1 aliphatic heterocycles. The zero-order valence-corrected chi connectivity index (χ0v) is 12.7. The molecule has 0 amide bonds. The summed E-state index contributed by atoms with van der Waals surface area (Å²) in [4.78, 5) is 15.4. The van der Waals surface area contributed by atoms with E-state index in [9.17, 15) is 0 Å². The number of anilines is 3. The Balaban J connectivity index is 1.70. The second-order valence-corrected chi connectivity index (χ2v) is 6.20. The van der Waals surface area contributed by atoms with E-state index < -0.39 is 0 Å². The number of rotatable bonds is 3. The third-order valence-corrected chi connectivity index (χ3v) is 4.47. The summed E-state index contributed by atoms with van der Waals surface area (Å²) in [5.74, 6) is 1.70. The second kappa shape index (κ2) is 6.91. The number of nitrogens with one attached hydrogen (secondary N) is 1. The van der Waals surface area contributed by atoms with Crippen LogP contribution in [-0.2, 0) is 0 Å². The van der Waals surface area contributed by atoms with Crippen LogP contribution < -0.4 is 16.0 Å². The van der Waals surface area contributed by atoms with Gasteiger partial charge in [0, 0.05) is 19.1 Å². The van der Waals surface area contributed by atoms with Gasteiger partial charge in [-0.25, -0.2) is 0 Å². The first kappa shape index (κ1) is 14.4. The summed E-state index contributed by atoms with van der Waals surface area (Å²) in [5.41, 5.74) is 5.87. The zero-order valence-electron chi connectivity index (χ0n) is 12.7. The maximum Gasteiger partial charge on any atom is 0.231 e. The molecule has 3 rings (SSSR count). The molecule has 1 aromatic rings. The van der Waals surface area contributed by atoms with E-state index in [1.165, 1.54) is 57.8 Å². The van der Waals surface area contributed by atoms with Crippen molar-refractivity contribution in [2.24, 2.45) is 0 Å². The highest BCUT2D eigenvalue weighted by molar-refractivity contribution is 5.42. The second-order valence-electron chi connectivity index (χ2n) is 6.20. The van der Waals surface area contributed by atoms with E-state index in [4.69, 9.17) is 5.73 Å². The van der Waals surface area contributed by atoms with Gasteiger partial charge in [0.1, 0.15) is 0 Å². The number of nitrogen functional groups attached to an aromatic ring is 1. The molecule has 1 aromatic heterocycles. The van der Waals surface area contributed by atoms with Crippen LogP contribution in [0.15, 0.2) is 0 Å². The summed E-state index contributed by atoms with van der Waals surface area (Å²) >= 11 is 0. The van der Waals surface area contributed by atoms with Crippen LogP contribution >= 0.6 is 0 Å². The summed E-state index contributed by atoms with van der Waals surface area (Å²) in [6.45, 7) is 2.04. The van der Waals surface area contributed by atoms with Gasteiger partial charge < -0.3 is 16.0 Å². The number of hydrogen-bond donors (Lipinski definition) is 2. The molecule has 2 aliphatic rings. The Bertz CT molecular complexity index is 449. The van der Waals surface area contributed by atoms with E-state index in [1.54, 1.807) is 0 Å². The fourth-order valence-electron chi connectivity index (χ4n) is 3.29. The third-order valence-electron chi connectivity index (χ3n) is 4.47. The van der Waals surface area contributed by atoms with Gasteiger partial charge in [-0.2, -0.15) is 15.0 Å². The highest BCUT2D eigenvalue weighted by atomic mass is 15.3. The molecule has 2 fully saturated rings. The Morgan fingerprint density at radius 1 is 0.857 bits per heavy atom. The van der Waals surface area contributed by atoms with Gasteiger partial charge in [0.25, 0.3) is 0 Å². The van der Waals surface area contributed by atoms with E-state index >= 15 is 0 Å². The maximum absolute atomic E-state index is 5.87. The number of aromatic nitrogens is 3. The molecule has 0 bridgehead atoms. The summed E-state index contributed by atoms with van der Waals surface area (Å²) in [6.07, 6.45) is 11.4. The predicted molar refractivity (Wildman–Crippen MR) is 85.4 cm³/mol. The Hall–Kier alpha value is -1.59. The van der Waals surface area contributed by atoms with E-state index in [-0.39, 0.29) is 0 Å². The van der Waals surface area contributed by atoms with Crippen molar-refractivity contribution in [3.63, 3.8) is 0 Å². The van der Waals surface area contributed by atoms with Crippen LogP contribution in [0.25, 0.3) is 0 Å². The summed E-state index contributed by atoms with van der Waals surface area (Å²) in [6, 6.07) is 0.475. The molecule has 0 aromatic carbocycles. The largest absolute Gasteiger partial charge is 0.368 e. The van der Waals surface area contributed by atoms with Crippen molar-refractivity contribution in [3.05, 3.63) is 0 Å². The molecule has 6 heteroatoms. The SMILES string of the molecule is Nc1nc(NC2CCCCCC2)nc(N2CCCCC2)n1. The lowest BCUT2D eigenvalue weighted by Crippen LogP contribution is -2.32. The average Bonchev–Trinajstić information content (AvgIpc) is 2.76. The molecule has 1 aliphatic carbocycles. The minimum absolute atomic E-state index is 0.321. The van der Waals surface area contributed by atoms with Gasteiger partial charge in [0.05, 0.1) is 0 Å². The van der Waals surface area contributed by atoms with Crippen molar-refractivity contribution < 1.29 is 0 Å². The van der Waals surface area contributed by atoms with Crippen LogP contribution in [0, 0.1) is 0 Å². The molecule has 1 saturated heterocycles. The summed E-state index contributed by atoms with van der Waals surface area (Å²) in [7, 11) is 0. The normalized spacial score (nSPS) is 21.0. The van der Waals surface area contributed by atoms with Crippen molar-refractivity contribution in [2.45, 2.75) is 63.8 Å². The fourth-order valence-corrected chi connectivity index (χ4v) is 3.29. The van der Waals surface area contributed by atoms with Crippen LogP contribution in [0.1, 0.15) is 57.8 Å². The molecule has 116 valence electrons. The van der Waals surface area contributed by atoms with Crippen LogP contribution in [0.3, 0.4) is 0 Å². The minimum atomic E-state index is 0.321. The topological polar surface area (TPSA) is 80.0 Å². The fraction of sp³-hybridized carbons (Fsp3) is 0.800. The molecule has 6 nitrogen and oxygen atoms in total.